The molecule has 0 radical (unpaired) electrons. The fourth-order valence-electron chi connectivity index (χ4n) is 3.16. The Bertz CT molecular complexity index is 532. The van der Waals surface area contributed by atoms with Crippen molar-refractivity contribution in [3.8, 4) is 0 Å². The van der Waals surface area contributed by atoms with E-state index in [0.717, 1.165) is 24.8 Å². The number of rotatable bonds is 14. The number of methoxy groups -OCH3 is 2. The van der Waals surface area contributed by atoms with E-state index in [2.05, 4.69) is 12.2 Å². The molecule has 0 fully saturated rings. The van der Waals surface area contributed by atoms with Crippen molar-refractivity contribution >= 4 is 11.9 Å². The lowest BCUT2D eigenvalue weighted by atomic mass is 10.0. The topological polar surface area (TPSA) is 64.6 Å². The third-order valence-corrected chi connectivity index (χ3v) is 4.72. The van der Waals surface area contributed by atoms with E-state index in [4.69, 9.17) is 9.47 Å². The first kappa shape index (κ1) is 23.2. The first-order valence-electron chi connectivity index (χ1n) is 10.1. The number of unbranched alkanes of at least 4 members (excludes halogenated alkanes) is 6. The van der Waals surface area contributed by atoms with Crippen molar-refractivity contribution in [1.82, 2.24) is 5.32 Å². The van der Waals surface area contributed by atoms with Gasteiger partial charge in [-0.3, -0.25) is 9.59 Å². The highest BCUT2D eigenvalue weighted by Crippen LogP contribution is 2.18. The molecule has 0 heterocycles. The monoisotopic (exact) mass is 377 g/mol. The van der Waals surface area contributed by atoms with Crippen molar-refractivity contribution in [3.05, 3.63) is 35.9 Å². The Morgan fingerprint density at radius 3 is 2.19 bits per heavy atom. The maximum Gasteiger partial charge on any atom is 0.307 e. The quantitative estimate of drug-likeness (QED) is 0.381. The maximum absolute atomic E-state index is 12.7. The summed E-state index contributed by atoms with van der Waals surface area (Å²) in [5.41, 5.74) is 0.797. The minimum atomic E-state index is -0.680. The summed E-state index contributed by atoms with van der Waals surface area (Å²) < 4.78 is 10.2. The Kier molecular flexibility index (Phi) is 12.2. The van der Waals surface area contributed by atoms with Gasteiger partial charge >= 0.3 is 5.97 Å². The average molecular weight is 378 g/mol. The molecular weight excluding hydrogens is 342 g/mol. The van der Waals surface area contributed by atoms with Crippen LogP contribution in [0.25, 0.3) is 0 Å². The number of nitrogens with one attached hydrogen (secondary N) is 1. The predicted octanol–water partition coefficient (Wildman–Crippen LogP) is 4.56. The van der Waals surface area contributed by atoms with Crippen LogP contribution < -0.4 is 5.32 Å². The van der Waals surface area contributed by atoms with Crippen LogP contribution in [0.3, 0.4) is 0 Å². The van der Waals surface area contributed by atoms with Gasteiger partial charge in [-0.25, -0.2) is 0 Å². The normalized spacial score (nSPS) is 13.0. The second-order valence-electron chi connectivity index (χ2n) is 6.92. The molecule has 1 N–H and O–H groups in total. The molecule has 0 unspecified atom stereocenters. The zero-order chi connectivity index (χ0) is 19.9. The number of esters is 1. The van der Waals surface area contributed by atoms with Crippen LogP contribution in [0.2, 0.25) is 0 Å². The Labute approximate surface area is 163 Å². The van der Waals surface area contributed by atoms with Crippen molar-refractivity contribution in [2.45, 2.75) is 76.9 Å². The lowest BCUT2D eigenvalue weighted by Gasteiger charge is -2.22. The highest BCUT2D eigenvalue weighted by molar-refractivity contribution is 5.83. The molecule has 5 heteroatoms. The number of carbonyl (C=O) groups is 2. The zero-order valence-corrected chi connectivity index (χ0v) is 17.0. The van der Waals surface area contributed by atoms with Gasteiger partial charge < -0.3 is 14.8 Å². The van der Waals surface area contributed by atoms with Crippen LogP contribution in [0.5, 0.6) is 0 Å². The molecule has 1 aromatic rings. The summed E-state index contributed by atoms with van der Waals surface area (Å²) in [5, 5.41) is 2.98. The minimum absolute atomic E-state index is 0.184. The summed E-state index contributed by atoms with van der Waals surface area (Å²) in [4.78, 5) is 24.4. The second-order valence-corrected chi connectivity index (χ2v) is 6.92. The Balaban J connectivity index is 2.54. The van der Waals surface area contributed by atoms with Gasteiger partial charge in [-0.2, -0.15) is 0 Å². The fourth-order valence-corrected chi connectivity index (χ4v) is 3.16. The van der Waals surface area contributed by atoms with Gasteiger partial charge in [-0.15, -0.1) is 0 Å². The molecule has 0 saturated heterocycles. The third kappa shape index (κ3) is 9.57. The third-order valence-electron chi connectivity index (χ3n) is 4.72. The van der Waals surface area contributed by atoms with Crippen LogP contribution >= 0.6 is 0 Å². The van der Waals surface area contributed by atoms with E-state index in [-0.39, 0.29) is 24.3 Å². The average Bonchev–Trinajstić information content (AvgIpc) is 2.68. The summed E-state index contributed by atoms with van der Waals surface area (Å²) in [6.45, 7) is 2.21. The lowest BCUT2D eigenvalue weighted by Crippen LogP contribution is -2.40. The smallest absolute Gasteiger partial charge is 0.307 e. The summed E-state index contributed by atoms with van der Waals surface area (Å²) in [7, 11) is 2.89. The van der Waals surface area contributed by atoms with E-state index >= 15 is 0 Å². The molecular formula is C22H35NO4. The number of benzene rings is 1. The van der Waals surface area contributed by atoms with Gasteiger partial charge in [0.2, 0.25) is 0 Å². The molecule has 0 aromatic heterocycles. The van der Waals surface area contributed by atoms with Crippen molar-refractivity contribution in [1.29, 1.82) is 0 Å². The van der Waals surface area contributed by atoms with Crippen molar-refractivity contribution in [2.24, 2.45) is 0 Å². The first-order chi connectivity index (χ1) is 13.1. The van der Waals surface area contributed by atoms with E-state index in [9.17, 15) is 9.59 Å². The molecule has 0 saturated carbocycles. The highest BCUT2D eigenvalue weighted by atomic mass is 16.5. The molecule has 0 bridgehead atoms. The molecule has 152 valence electrons. The van der Waals surface area contributed by atoms with E-state index < -0.39 is 6.10 Å². The molecule has 5 nitrogen and oxygen atoms in total. The number of ether oxygens (including phenoxy) is 2. The Morgan fingerprint density at radius 2 is 1.59 bits per heavy atom. The van der Waals surface area contributed by atoms with Gasteiger partial charge in [0.1, 0.15) is 0 Å². The molecule has 0 aliphatic heterocycles. The largest absolute Gasteiger partial charge is 0.469 e. The first-order valence-corrected chi connectivity index (χ1v) is 10.1. The van der Waals surface area contributed by atoms with Crippen molar-refractivity contribution in [3.63, 3.8) is 0 Å². The van der Waals surface area contributed by atoms with Gasteiger partial charge in [0.15, 0.2) is 6.10 Å². The molecule has 0 spiro atoms. The van der Waals surface area contributed by atoms with Gasteiger partial charge in [-0.05, 0) is 12.0 Å². The lowest BCUT2D eigenvalue weighted by molar-refractivity contribution is -0.141. The van der Waals surface area contributed by atoms with Gasteiger partial charge in [0.25, 0.3) is 5.91 Å². The van der Waals surface area contributed by atoms with Crippen molar-refractivity contribution < 1.29 is 19.1 Å². The van der Waals surface area contributed by atoms with Crippen LogP contribution in [0, 0.1) is 0 Å². The van der Waals surface area contributed by atoms with Crippen LogP contribution in [0.4, 0.5) is 0 Å². The number of amides is 1. The highest BCUT2D eigenvalue weighted by Gasteiger charge is 2.24. The van der Waals surface area contributed by atoms with Crippen molar-refractivity contribution in [2.75, 3.05) is 14.2 Å². The van der Waals surface area contributed by atoms with Crippen LogP contribution in [-0.2, 0) is 19.1 Å². The summed E-state index contributed by atoms with van der Waals surface area (Å²) in [6, 6.07) is 9.13. The van der Waals surface area contributed by atoms with E-state index in [1.165, 1.54) is 46.3 Å². The summed E-state index contributed by atoms with van der Waals surface area (Å²) in [6.07, 6.45) is 8.63. The second kappa shape index (κ2) is 14.2. The fraction of sp³-hybridized carbons (Fsp3) is 0.636. The van der Waals surface area contributed by atoms with E-state index in [0.29, 0.717) is 0 Å². The summed E-state index contributed by atoms with van der Waals surface area (Å²) >= 11 is 0. The van der Waals surface area contributed by atoms with Crippen LogP contribution in [-0.4, -0.2) is 32.1 Å². The van der Waals surface area contributed by atoms with Gasteiger partial charge in [0.05, 0.1) is 13.5 Å². The molecule has 0 aliphatic carbocycles. The molecule has 0 aliphatic rings. The zero-order valence-electron chi connectivity index (χ0n) is 17.0. The maximum atomic E-state index is 12.7. The molecule has 1 amide bonds. The van der Waals surface area contributed by atoms with Gasteiger partial charge in [-0.1, -0.05) is 82.2 Å². The number of carbonyl (C=O) groups excluding carboxylic acids is 2. The number of hydrogen-bond acceptors (Lipinski definition) is 4. The molecule has 1 aromatic carbocycles. The van der Waals surface area contributed by atoms with Crippen LogP contribution in [0.1, 0.15) is 76.4 Å². The predicted molar refractivity (Wildman–Crippen MR) is 107 cm³/mol. The van der Waals surface area contributed by atoms with E-state index in [1.54, 1.807) is 0 Å². The SMILES string of the molecule is CCCCCCCCC[C@@H](CC(=O)OC)NC(=O)[C@H](OC)c1ccccc1. The Hall–Kier alpha value is -1.88. The van der Waals surface area contributed by atoms with E-state index in [1.807, 2.05) is 30.3 Å². The number of hydrogen-bond donors (Lipinski definition) is 1. The van der Waals surface area contributed by atoms with Crippen LogP contribution in [0.15, 0.2) is 30.3 Å². The molecule has 1 rings (SSSR count). The standard InChI is InChI=1S/C22H35NO4/c1-4-5-6-7-8-9-13-16-19(17-20(24)26-2)23-22(25)21(27-3)18-14-11-10-12-15-18/h10-12,14-15,19,21H,4-9,13,16-17H2,1-3H3,(H,23,25)/t19-,21+/m0/s1. The summed E-state index contributed by atoms with van der Waals surface area (Å²) in [5.74, 6) is -0.530. The van der Waals surface area contributed by atoms with Gasteiger partial charge in [0, 0.05) is 13.2 Å². The molecule has 2 atom stereocenters. The minimum Gasteiger partial charge on any atom is -0.469 e. The Morgan fingerprint density at radius 1 is 0.963 bits per heavy atom. The molecule has 27 heavy (non-hydrogen) atoms.